The molecule has 2 aromatic rings. The Kier molecular flexibility index (Phi) is 6.63. The SMILES string of the molecule is CCC(CC1=NN1CCC(NC)c1ccc(C#N)s1)n1c(C)nc2c1CCN(C(C)=O)C2. The van der Waals surface area contributed by atoms with Gasteiger partial charge in [-0.05, 0) is 38.9 Å². The molecule has 2 atom stereocenters. The topological polar surface area (TPSA) is 89.3 Å². The Morgan fingerprint density at radius 1 is 1.41 bits per heavy atom. The molecule has 2 aromatic heterocycles. The largest absolute Gasteiger partial charge is 0.337 e. The Morgan fingerprint density at radius 3 is 2.88 bits per heavy atom. The van der Waals surface area contributed by atoms with Gasteiger partial charge in [0.1, 0.15) is 22.6 Å². The highest BCUT2D eigenvalue weighted by molar-refractivity contribution is 7.12. The molecule has 0 saturated heterocycles. The second-order valence-electron chi connectivity index (χ2n) is 8.46. The van der Waals surface area contributed by atoms with E-state index in [0.29, 0.717) is 12.6 Å². The molecule has 8 nitrogen and oxygen atoms in total. The number of rotatable bonds is 9. The van der Waals surface area contributed by atoms with Crippen LogP contribution in [0.5, 0.6) is 0 Å². The fraction of sp³-hybridized carbons (Fsp3) is 0.565. The molecule has 0 fully saturated rings. The normalized spacial score (nSPS) is 16.9. The van der Waals surface area contributed by atoms with E-state index in [-0.39, 0.29) is 11.9 Å². The van der Waals surface area contributed by atoms with Gasteiger partial charge in [0.25, 0.3) is 0 Å². The predicted octanol–water partition coefficient (Wildman–Crippen LogP) is 3.35. The molecule has 0 aromatic carbocycles. The summed E-state index contributed by atoms with van der Waals surface area (Å²) in [5.41, 5.74) is 2.32. The maximum atomic E-state index is 11.8. The van der Waals surface area contributed by atoms with Gasteiger partial charge in [0, 0.05) is 55.5 Å². The van der Waals surface area contributed by atoms with Gasteiger partial charge in [-0.3, -0.25) is 4.79 Å². The zero-order valence-corrected chi connectivity index (χ0v) is 20.1. The van der Waals surface area contributed by atoms with Gasteiger partial charge in [0.2, 0.25) is 5.91 Å². The summed E-state index contributed by atoms with van der Waals surface area (Å²) in [5, 5.41) is 19.2. The number of carbonyl (C=O) groups excluding carboxylic acids is 1. The zero-order valence-electron chi connectivity index (χ0n) is 19.3. The molecule has 0 spiro atoms. The van der Waals surface area contributed by atoms with Gasteiger partial charge in [0.15, 0.2) is 0 Å². The van der Waals surface area contributed by atoms with E-state index in [1.54, 1.807) is 18.3 Å². The number of hydrogen-bond acceptors (Lipinski definition) is 7. The van der Waals surface area contributed by atoms with Crippen LogP contribution >= 0.6 is 11.3 Å². The Hall–Kier alpha value is -2.70. The van der Waals surface area contributed by atoms with Crippen molar-refractivity contribution < 1.29 is 4.79 Å². The number of thiophene rings is 1. The van der Waals surface area contributed by atoms with E-state index < -0.39 is 0 Å². The number of amides is 1. The fourth-order valence-corrected chi connectivity index (χ4v) is 5.59. The van der Waals surface area contributed by atoms with Crippen LogP contribution in [0.3, 0.4) is 0 Å². The molecule has 4 rings (SSSR count). The predicted molar refractivity (Wildman–Crippen MR) is 125 cm³/mol. The smallest absolute Gasteiger partial charge is 0.219 e. The van der Waals surface area contributed by atoms with Crippen molar-refractivity contribution in [2.45, 2.75) is 65.1 Å². The van der Waals surface area contributed by atoms with Crippen molar-refractivity contribution in [3.63, 3.8) is 0 Å². The van der Waals surface area contributed by atoms with Crippen LogP contribution in [0, 0.1) is 18.3 Å². The first-order chi connectivity index (χ1) is 15.4. The number of fused-ring (bicyclic) bond motifs is 1. The number of nitrogens with one attached hydrogen (secondary N) is 1. The minimum absolute atomic E-state index is 0.115. The maximum absolute atomic E-state index is 11.8. The number of amidine groups is 1. The molecule has 1 N–H and O–H groups in total. The van der Waals surface area contributed by atoms with E-state index >= 15 is 0 Å². The summed E-state index contributed by atoms with van der Waals surface area (Å²) in [6.45, 7) is 8.16. The lowest BCUT2D eigenvalue weighted by molar-refractivity contribution is -0.129. The number of aromatic nitrogens is 2. The van der Waals surface area contributed by atoms with Gasteiger partial charge in [0.05, 0.1) is 12.2 Å². The van der Waals surface area contributed by atoms with E-state index in [1.807, 2.05) is 24.1 Å². The molecule has 32 heavy (non-hydrogen) atoms. The number of nitrogens with zero attached hydrogens (tertiary/aromatic N) is 6. The minimum Gasteiger partial charge on any atom is -0.337 e. The molecular formula is C23H31N7OS. The van der Waals surface area contributed by atoms with Gasteiger partial charge in [-0.1, -0.05) is 6.92 Å². The summed E-state index contributed by atoms with van der Waals surface area (Å²) >= 11 is 1.55. The van der Waals surface area contributed by atoms with Crippen LogP contribution < -0.4 is 5.32 Å². The van der Waals surface area contributed by atoms with Gasteiger partial charge in [-0.15, -0.1) is 11.3 Å². The van der Waals surface area contributed by atoms with Crippen LogP contribution in [0.4, 0.5) is 0 Å². The first-order valence-electron chi connectivity index (χ1n) is 11.3. The van der Waals surface area contributed by atoms with Crippen molar-refractivity contribution in [1.29, 1.82) is 5.26 Å². The molecule has 170 valence electrons. The van der Waals surface area contributed by atoms with Crippen LogP contribution in [0.15, 0.2) is 17.2 Å². The monoisotopic (exact) mass is 453 g/mol. The fourth-order valence-electron chi connectivity index (χ4n) is 4.65. The molecule has 0 radical (unpaired) electrons. The quantitative estimate of drug-likeness (QED) is 0.629. The number of hydrogen-bond donors (Lipinski definition) is 1. The van der Waals surface area contributed by atoms with Crippen molar-refractivity contribution in [3.05, 3.63) is 39.1 Å². The molecule has 1 amide bonds. The first kappa shape index (κ1) is 22.5. The minimum atomic E-state index is 0.115. The Bertz CT molecular complexity index is 1060. The lowest BCUT2D eigenvalue weighted by atomic mass is 10.1. The average molecular weight is 454 g/mol. The third-order valence-electron chi connectivity index (χ3n) is 6.48. The van der Waals surface area contributed by atoms with Gasteiger partial charge in [-0.25, -0.2) is 9.99 Å². The second kappa shape index (κ2) is 9.43. The van der Waals surface area contributed by atoms with Gasteiger partial charge in [-0.2, -0.15) is 10.4 Å². The van der Waals surface area contributed by atoms with E-state index in [4.69, 9.17) is 10.2 Å². The lowest BCUT2D eigenvalue weighted by Gasteiger charge is -2.28. The summed E-state index contributed by atoms with van der Waals surface area (Å²) in [7, 11) is 1.96. The number of imidazole rings is 1. The molecule has 2 aliphatic rings. The third-order valence-corrected chi connectivity index (χ3v) is 7.59. The number of carbonyl (C=O) groups is 1. The van der Waals surface area contributed by atoms with Gasteiger partial charge < -0.3 is 14.8 Å². The molecule has 0 aliphatic carbocycles. The number of aryl methyl sites for hydroxylation is 1. The van der Waals surface area contributed by atoms with Crippen molar-refractivity contribution in [2.75, 3.05) is 20.1 Å². The molecule has 0 bridgehead atoms. The standard InChI is InChI=1S/C23H31N7OS/c1-5-17(30-15(2)26-20-14-28(16(3)31)10-9-21(20)30)12-23-27-29(23)11-8-19(25-4)22-7-6-18(13-24)32-22/h6-7,17,19,25H,5,8-12,14H2,1-4H3. The van der Waals surface area contributed by atoms with Gasteiger partial charge >= 0.3 is 0 Å². The van der Waals surface area contributed by atoms with Crippen LogP contribution in [-0.4, -0.2) is 51.3 Å². The average Bonchev–Trinajstić information content (AvgIpc) is 3.19. The zero-order chi connectivity index (χ0) is 22.8. The number of hydrazone groups is 1. The van der Waals surface area contributed by atoms with E-state index in [0.717, 1.165) is 61.0 Å². The van der Waals surface area contributed by atoms with Crippen LogP contribution in [0.25, 0.3) is 0 Å². The third kappa shape index (κ3) is 4.57. The molecule has 2 unspecified atom stereocenters. The van der Waals surface area contributed by atoms with Crippen LogP contribution in [0.1, 0.15) is 72.2 Å². The summed E-state index contributed by atoms with van der Waals surface area (Å²) < 4.78 is 2.39. The lowest BCUT2D eigenvalue weighted by Crippen LogP contribution is -2.35. The van der Waals surface area contributed by atoms with Crippen molar-refractivity contribution in [2.24, 2.45) is 5.10 Å². The first-order valence-corrected chi connectivity index (χ1v) is 12.1. The molecular weight excluding hydrogens is 422 g/mol. The highest BCUT2D eigenvalue weighted by atomic mass is 32.1. The highest BCUT2D eigenvalue weighted by Gasteiger charge is 2.31. The summed E-state index contributed by atoms with van der Waals surface area (Å²) in [6, 6.07) is 6.70. The van der Waals surface area contributed by atoms with E-state index in [9.17, 15) is 4.79 Å². The Morgan fingerprint density at radius 2 is 2.22 bits per heavy atom. The van der Waals surface area contributed by atoms with Crippen molar-refractivity contribution in [3.8, 4) is 6.07 Å². The summed E-state index contributed by atoms with van der Waals surface area (Å²) in [6.07, 6.45) is 3.71. The number of nitriles is 1. The van der Waals surface area contributed by atoms with E-state index in [1.165, 1.54) is 10.6 Å². The molecule has 2 aliphatic heterocycles. The second-order valence-corrected chi connectivity index (χ2v) is 9.58. The van der Waals surface area contributed by atoms with Crippen molar-refractivity contribution >= 4 is 23.1 Å². The molecule has 4 heterocycles. The highest BCUT2D eigenvalue weighted by Crippen LogP contribution is 2.31. The Labute approximate surface area is 193 Å². The Balaban J connectivity index is 1.35. The summed E-state index contributed by atoms with van der Waals surface area (Å²) in [5.74, 6) is 2.30. The van der Waals surface area contributed by atoms with E-state index in [2.05, 4.69) is 39.9 Å². The van der Waals surface area contributed by atoms with Crippen molar-refractivity contribution in [1.82, 2.24) is 24.8 Å². The summed E-state index contributed by atoms with van der Waals surface area (Å²) in [4.78, 5) is 20.4. The molecule has 0 saturated carbocycles. The van der Waals surface area contributed by atoms with Crippen LogP contribution in [-0.2, 0) is 17.8 Å². The maximum Gasteiger partial charge on any atom is 0.219 e. The molecule has 9 heteroatoms. The van der Waals surface area contributed by atoms with Crippen LogP contribution in [0.2, 0.25) is 0 Å².